The first-order valence-electron chi connectivity index (χ1n) is 6.72. The topological polar surface area (TPSA) is 74.6 Å². The van der Waals surface area contributed by atoms with E-state index in [1.54, 1.807) is 0 Å². The Balaban J connectivity index is 2.56. The minimum absolute atomic E-state index is 0.0537. The number of hydrogen-bond acceptors (Lipinski definition) is 2. The minimum Gasteiger partial charge on any atom is -0.324 e. The molecule has 18 heavy (non-hydrogen) atoms. The zero-order chi connectivity index (χ0) is 14.0. The Bertz CT molecular complexity index is 345. The van der Waals surface area contributed by atoms with Crippen molar-refractivity contribution < 1.29 is 19.1 Å². The lowest BCUT2D eigenvalue weighted by molar-refractivity contribution is -0.132. The van der Waals surface area contributed by atoms with Gasteiger partial charge in [-0.3, -0.25) is 9.36 Å². The summed E-state index contributed by atoms with van der Waals surface area (Å²) in [5, 5.41) is 0. The zero-order valence-electron chi connectivity index (χ0n) is 11.6. The van der Waals surface area contributed by atoms with Crippen molar-refractivity contribution in [1.82, 2.24) is 0 Å². The molecule has 1 aliphatic rings. The van der Waals surface area contributed by atoms with Gasteiger partial charge in [0.05, 0.1) is 0 Å². The van der Waals surface area contributed by atoms with Crippen LogP contribution in [0.2, 0.25) is 0 Å². The fourth-order valence-corrected chi connectivity index (χ4v) is 3.52. The largest absolute Gasteiger partial charge is 0.325 e. The molecule has 0 aromatic rings. The summed E-state index contributed by atoms with van der Waals surface area (Å²) >= 11 is 0. The van der Waals surface area contributed by atoms with Gasteiger partial charge < -0.3 is 9.79 Å². The molecule has 1 saturated carbocycles. The van der Waals surface area contributed by atoms with Crippen molar-refractivity contribution >= 4 is 13.4 Å². The maximum Gasteiger partial charge on any atom is 0.325 e. The molecule has 4 nitrogen and oxygen atoms in total. The second-order valence-corrected chi connectivity index (χ2v) is 8.04. The van der Waals surface area contributed by atoms with Gasteiger partial charge in [0.2, 0.25) is 0 Å². The Kier molecular flexibility index (Phi) is 5.16. The summed E-state index contributed by atoms with van der Waals surface area (Å²) in [5.41, 5.74) is -0.152. The second-order valence-electron chi connectivity index (χ2n) is 6.27. The number of Topliss-reactive ketones (excluding diaryl/α,β-unsaturated/α-hetero) is 1. The highest BCUT2D eigenvalue weighted by molar-refractivity contribution is 7.51. The average Bonchev–Trinajstić information content (AvgIpc) is 2.19. The van der Waals surface area contributed by atoms with E-state index in [1.807, 2.05) is 20.8 Å². The Morgan fingerprint density at radius 2 is 1.94 bits per heavy atom. The van der Waals surface area contributed by atoms with Crippen LogP contribution in [0.15, 0.2) is 0 Å². The highest BCUT2D eigenvalue weighted by Gasteiger charge is 2.38. The van der Waals surface area contributed by atoms with Gasteiger partial charge in [0, 0.05) is 18.0 Å². The number of rotatable bonds is 5. The summed E-state index contributed by atoms with van der Waals surface area (Å²) in [6.45, 7) is 6.08. The Morgan fingerprint density at radius 1 is 1.33 bits per heavy atom. The van der Waals surface area contributed by atoms with E-state index >= 15 is 0 Å². The van der Waals surface area contributed by atoms with Crippen molar-refractivity contribution in [1.29, 1.82) is 0 Å². The summed E-state index contributed by atoms with van der Waals surface area (Å²) in [5.74, 6) is 0.533. The van der Waals surface area contributed by atoms with Crippen LogP contribution in [-0.2, 0) is 9.36 Å². The van der Waals surface area contributed by atoms with Crippen molar-refractivity contribution in [3.8, 4) is 0 Å². The van der Waals surface area contributed by atoms with E-state index in [2.05, 4.69) is 0 Å². The first kappa shape index (κ1) is 15.9. The highest BCUT2D eigenvalue weighted by Crippen LogP contribution is 2.43. The molecule has 1 aliphatic carbocycles. The average molecular weight is 276 g/mol. The van der Waals surface area contributed by atoms with E-state index in [-0.39, 0.29) is 23.4 Å². The van der Waals surface area contributed by atoms with E-state index in [1.165, 1.54) is 0 Å². The van der Waals surface area contributed by atoms with Crippen LogP contribution >= 0.6 is 7.60 Å². The third-order valence-corrected chi connectivity index (χ3v) is 5.07. The Labute approximate surface area is 109 Å². The lowest BCUT2D eigenvalue weighted by atomic mass is 9.66. The van der Waals surface area contributed by atoms with Crippen molar-refractivity contribution in [3.05, 3.63) is 0 Å². The highest BCUT2D eigenvalue weighted by atomic mass is 31.2. The molecule has 1 unspecified atom stereocenters. The molecule has 0 aromatic heterocycles. The Morgan fingerprint density at radius 3 is 2.50 bits per heavy atom. The van der Waals surface area contributed by atoms with Crippen LogP contribution in [0.4, 0.5) is 0 Å². The fourth-order valence-electron chi connectivity index (χ4n) is 2.95. The predicted octanol–water partition coefficient (Wildman–Crippen LogP) is 2.98. The van der Waals surface area contributed by atoms with Crippen LogP contribution in [0.3, 0.4) is 0 Å². The molecular weight excluding hydrogens is 251 g/mol. The van der Waals surface area contributed by atoms with E-state index < -0.39 is 7.60 Å². The molecule has 106 valence electrons. The van der Waals surface area contributed by atoms with Gasteiger partial charge in [0.25, 0.3) is 0 Å². The zero-order valence-corrected chi connectivity index (χ0v) is 12.4. The van der Waals surface area contributed by atoms with Crippen LogP contribution in [0.1, 0.15) is 52.9 Å². The van der Waals surface area contributed by atoms with Crippen molar-refractivity contribution in [2.45, 2.75) is 52.9 Å². The molecule has 0 spiro atoms. The third kappa shape index (κ3) is 4.49. The molecule has 2 atom stereocenters. The van der Waals surface area contributed by atoms with Gasteiger partial charge in [0.1, 0.15) is 5.78 Å². The van der Waals surface area contributed by atoms with Gasteiger partial charge in [-0.2, -0.15) is 0 Å². The third-order valence-electron chi connectivity index (χ3n) is 4.17. The maximum absolute atomic E-state index is 12.2. The lowest BCUT2D eigenvalue weighted by Gasteiger charge is -2.38. The van der Waals surface area contributed by atoms with Gasteiger partial charge in [-0.15, -0.1) is 0 Å². The van der Waals surface area contributed by atoms with Crippen LogP contribution in [0.25, 0.3) is 0 Å². The predicted molar refractivity (Wildman–Crippen MR) is 71.4 cm³/mol. The molecule has 1 rings (SSSR count). The molecule has 0 heterocycles. The molecular formula is C13H25O4P. The molecule has 1 fully saturated rings. The number of carbonyl (C=O) groups is 1. The summed E-state index contributed by atoms with van der Waals surface area (Å²) < 4.78 is 10.8. The smallest absolute Gasteiger partial charge is 0.324 e. The van der Waals surface area contributed by atoms with Gasteiger partial charge in [0.15, 0.2) is 0 Å². The van der Waals surface area contributed by atoms with E-state index in [4.69, 9.17) is 9.79 Å². The molecule has 0 bridgehead atoms. The number of ketones is 1. The van der Waals surface area contributed by atoms with E-state index in [9.17, 15) is 9.36 Å². The molecule has 2 N–H and O–H groups in total. The van der Waals surface area contributed by atoms with Crippen molar-refractivity contribution in [2.24, 2.45) is 17.3 Å². The molecule has 0 aromatic carbocycles. The van der Waals surface area contributed by atoms with Crippen molar-refractivity contribution in [3.63, 3.8) is 0 Å². The lowest BCUT2D eigenvalue weighted by Crippen LogP contribution is -2.37. The monoisotopic (exact) mass is 276 g/mol. The van der Waals surface area contributed by atoms with Gasteiger partial charge in [-0.1, -0.05) is 27.2 Å². The normalized spacial score (nSPS) is 26.4. The van der Waals surface area contributed by atoms with Crippen LogP contribution in [0, 0.1) is 17.3 Å². The van der Waals surface area contributed by atoms with Gasteiger partial charge in [-0.05, 0) is 31.1 Å². The summed E-state index contributed by atoms with van der Waals surface area (Å²) in [4.78, 5) is 29.9. The quantitative estimate of drug-likeness (QED) is 0.757. The van der Waals surface area contributed by atoms with Crippen LogP contribution in [0.5, 0.6) is 0 Å². The minimum atomic E-state index is -3.90. The van der Waals surface area contributed by atoms with Gasteiger partial charge in [-0.25, -0.2) is 0 Å². The van der Waals surface area contributed by atoms with Gasteiger partial charge >= 0.3 is 7.60 Å². The molecule has 0 amide bonds. The van der Waals surface area contributed by atoms with E-state index in [0.29, 0.717) is 18.6 Å². The van der Waals surface area contributed by atoms with E-state index in [0.717, 1.165) is 19.3 Å². The number of carbonyl (C=O) groups excluding carboxylic acids is 1. The molecule has 0 saturated heterocycles. The molecule has 0 radical (unpaired) electrons. The summed E-state index contributed by atoms with van der Waals surface area (Å²) in [6.07, 6.45) is 4.09. The van der Waals surface area contributed by atoms with Crippen molar-refractivity contribution in [2.75, 3.05) is 6.16 Å². The first-order chi connectivity index (χ1) is 8.13. The summed E-state index contributed by atoms with van der Waals surface area (Å²) in [6, 6.07) is 0. The Hall–Kier alpha value is -0.180. The van der Waals surface area contributed by atoms with Crippen LogP contribution < -0.4 is 0 Å². The molecule has 0 aliphatic heterocycles. The summed E-state index contributed by atoms with van der Waals surface area (Å²) in [7, 11) is -3.90. The SMILES string of the molecule is CC1CCC[C@H](C(C)(C)CCCP(=O)(O)O)C1=O. The number of hydrogen-bond donors (Lipinski definition) is 2. The molecule has 5 heteroatoms. The standard InChI is InChI=1S/C13H25O4P/c1-10-6-4-7-11(12(10)14)13(2,3)8-5-9-18(15,16)17/h10-11H,4-9H2,1-3H3,(H2,15,16,17)/t10?,11-/m0/s1. The maximum atomic E-state index is 12.2. The second kappa shape index (κ2) is 5.85. The first-order valence-corrected chi connectivity index (χ1v) is 8.51. The fraction of sp³-hybridized carbons (Fsp3) is 0.923. The van der Waals surface area contributed by atoms with Crippen LogP contribution in [-0.4, -0.2) is 21.7 Å².